The number of nitrogens with one attached hydrogen (secondary N) is 1. The summed E-state index contributed by atoms with van der Waals surface area (Å²) in [6.45, 7) is 2.01. The van der Waals surface area contributed by atoms with Crippen LogP contribution in [0, 0.1) is 5.82 Å². The van der Waals surface area contributed by atoms with Gasteiger partial charge in [-0.05, 0) is 35.7 Å². The quantitative estimate of drug-likeness (QED) is 0.879. The van der Waals surface area contributed by atoms with Crippen molar-refractivity contribution in [1.29, 1.82) is 0 Å². The zero-order valence-electron chi connectivity index (χ0n) is 11.3. The van der Waals surface area contributed by atoms with Crippen LogP contribution < -0.4 is 11.1 Å². The van der Waals surface area contributed by atoms with Crippen LogP contribution in [0.5, 0.6) is 0 Å². The Balaban J connectivity index is 2.34. The molecule has 0 aromatic heterocycles. The summed E-state index contributed by atoms with van der Waals surface area (Å²) in [4.78, 5) is 11.7. The molecule has 3 nitrogen and oxygen atoms in total. The topological polar surface area (TPSA) is 55.1 Å². The number of nitrogens with two attached hydrogens (primary N) is 1. The number of aryl methyl sites for hydroxylation is 1. The third kappa shape index (κ3) is 3.15. The second kappa shape index (κ2) is 6.19. The highest BCUT2D eigenvalue weighted by atomic mass is 19.1. The van der Waals surface area contributed by atoms with E-state index in [0.29, 0.717) is 5.69 Å². The molecule has 0 saturated carbocycles. The number of rotatable bonds is 5. The molecule has 0 aliphatic carbocycles. The van der Waals surface area contributed by atoms with E-state index in [9.17, 15) is 9.18 Å². The molecule has 2 aromatic rings. The minimum atomic E-state index is -0.673. The Hall–Kier alpha value is -2.36. The Morgan fingerprint density at radius 3 is 2.65 bits per heavy atom. The zero-order chi connectivity index (χ0) is 14.5. The SMILES string of the molecule is CCc1ccccc1C(Nc1cccc(F)c1)C(N)=O. The van der Waals surface area contributed by atoms with Crippen LogP contribution in [0.4, 0.5) is 10.1 Å². The molecule has 4 heteroatoms. The monoisotopic (exact) mass is 272 g/mol. The van der Waals surface area contributed by atoms with Gasteiger partial charge in [-0.3, -0.25) is 4.79 Å². The first-order valence-electron chi connectivity index (χ1n) is 6.51. The minimum absolute atomic E-state index is 0.359. The molecule has 0 aliphatic rings. The Morgan fingerprint density at radius 1 is 1.25 bits per heavy atom. The summed E-state index contributed by atoms with van der Waals surface area (Å²) in [5.74, 6) is -0.850. The maximum atomic E-state index is 13.2. The van der Waals surface area contributed by atoms with Gasteiger partial charge < -0.3 is 11.1 Å². The molecule has 0 saturated heterocycles. The molecule has 104 valence electrons. The van der Waals surface area contributed by atoms with Gasteiger partial charge in [-0.25, -0.2) is 4.39 Å². The lowest BCUT2D eigenvalue weighted by atomic mass is 9.98. The molecule has 2 rings (SSSR count). The normalized spacial score (nSPS) is 11.9. The number of amides is 1. The Labute approximate surface area is 117 Å². The first-order valence-corrected chi connectivity index (χ1v) is 6.51. The molecular weight excluding hydrogens is 255 g/mol. The van der Waals surface area contributed by atoms with Gasteiger partial charge in [0.15, 0.2) is 0 Å². The number of hydrogen-bond donors (Lipinski definition) is 2. The van der Waals surface area contributed by atoms with Crippen molar-refractivity contribution in [2.24, 2.45) is 5.73 Å². The van der Waals surface area contributed by atoms with Gasteiger partial charge in [0.1, 0.15) is 11.9 Å². The smallest absolute Gasteiger partial charge is 0.244 e. The van der Waals surface area contributed by atoms with E-state index in [1.165, 1.54) is 12.1 Å². The molecule has 0 bridgehead atoms. The third-order valence-corrected chi connectivity index (χ3v) is 3.17. The van der Waals surface area contributed by atoms with Crippen LogP contribution in [0.25, 0.3) is 0 Å². The van der Waals surface area contributed by atoms with Gasteiger partial charge in [-0.15, -0.1) is 0 Å². The van der Waals surface area contributed by atoms with E-state index in [-0.39, 0.29) is 5.82 Å². The molecule has 1 atom stereocenters. The maximum absolute atomic E-state index is 13.2. The molecule has 0 heterocycles. The standard InChI is InChI=1S/C16H17FN2O/c1-2-11-6-3-4-9-14(11)15(16(18)20)19-13-8-5-7-12(17)10-13/h3-10,15,19H,2H2,1H3,(H2,18,20). The largest absolute Gasteiger partial charge is 0.370 e. The van der Waals surface area contributed by atoms with Crippen molar-refractivity contribution < 1.29 is 9.18 Å². The van der Waals surface area contributed by atoms with Crippen LogP contribution >= 0.6 is 0 Å². The first-order chi connectivity index (χ1) is 9.61. The van der Waals surface area contributed by atoms with Crippen LogP contribution in [0.1, 0.15) is 24.1 Å². The van der Waals surface area contributed by atoms with Crippen molar-refractivity contribution in [3.05, 3.63) is 65.5 Å². The van der Waals surface area contributed by atoms with Gasteiger partial charge in [-0.1, -0.05) is 37.3 Å². The van der Waals surface area contributed by atoms with E-state index in [4.69, 9.17) is 5.73 Å². The first kappa shape index (κ1) is 14.1. The molecule has 0 radical (unpaired) electrons. The van der Waals surface area contributed by atoms with E-state index in [2.05, 4.69) is 5.32 Å². The molecule has 1 unspecified atom stereocenters. The van der Waals surface area contributed by atoms with E-state index in [1.54, 1.807) is 12.1 Å². The summed E-state index contributed by atoms with van der Waals surface area (Å²) < 4.78 is 13.2. The summed E-state index contributed by atoms with van der Waals surface area (Å²) in [6.07, 6.45) is 0.796. The lowest BCUT2D eigenvalue weighted by molar-refractivity contribution is -0.118. The average Bonchev–Trinajstić information content (AvgIpc) is 2.44. The third-order valence-electron chi connectivity index (χ3n) is 3.17. The highest BCUT2D eigenvalue weighted by Crippen LogP contribution is 2.23. The fraction of sp³-hybridized carbons (Fsp3) is 0.188. The van der Waals surface area contributed by atoms with Crippen LogP contribution in [0.3, 0.4) is 0 Å². The summed E-state index contributed by atoms with van der Waals surface area (Å²) in [6, 6.07) is 12.9. The van der Waals surface area contributed by atoms with Gasteiger partial charge in [0, 0.05) is 5.69 Å². The van der Waals surface area contributed by atoms with Gasteiger partial charge >= 0.3 is 0 Å². The van der Waals surface area contributed by atoms with Crippen LogP contribution in [0.15, 0.2) is 48.5 Å². The predicted octanol–water partition coefficient (Wildman–Crippen LogP) is 3.03. The van der Waals surface area contributed by atoms with E-state index in [0.717, 1.165) is 17.5 Å². The van der Waals surface area contributed by atoms with Crippen LogP contribution in [0.2, 0.25) is 0 Å². The number of halogens is 1. The van der Waals surface area contributed by atoms with Crippen LogP contribution in [-0.4, -0.2) is 5.91 Å². The fourth-order valence-electron chi connectivity index (χ4n) is 2.18. The summed E-state index contributed by atoms with van der Waals surface area (Å²) >= 11 is 0. The Bertz CT molecular complexity index is 613. The van der Waals surface area contributed by atoms with Crippen molar-refractivity contribution in [3.8, 4) is 0 Å². The maximum Gasteiger partial charge on any atom is 0.244 e. The van der Waals surface area contributed by atoms with Crippen molar-refractivity contribution in [1.82, 2.24) is 0 Å². The molecule has 1 amide bonds. The second-order valence-corrected chi connectivity index (χ2v) is 4.54. The Kier molecular flexibility index (Phi) is 4.35. The predicted molar refractivity (Wildman–Crippen MR) is 77.8 cm³/mol. The molecule has 0 aliphatic heterocycles. The lowest BCUT2D eigenvalue weighted by Gasteiger charge is -2.20. The van der Waals surface area contributed by atoms with Crippen molar-refractivity contribution in [2.75, 3.05) is 5.32 Å². The van der Waals surface area contributed by atoms with Crippen molar-refractivity contribution in [3.63, 3.8) is 0 Å². The van der Waals surface area contributed by atoms with Gasteiger partial charge in [0.05, 0.1) is 0 Å². The van der Waals surface area contributed by atoms with Crippen molar-refractivity contribution in [2.45, 2.75) is 19.4 Å². The minimum Gasteiger partial charge on any atom is -0.370 e. The van der Waals surface area contributed by atoms with E-state index >= 15 is 0 Å². The molecular formula is C16H17FN2O. The lowest BCUT2D eigenvalue weighted by Crippen LogP contribution is -2.28. The highest BCUT2D eigenvalue weighted by Gasteiger charge is 2.20. The highest BCUT2D eigenvalue weighted by molar-refractivity contribution is 5.85. The van der Waals surface area contributed by atoms with Gasteiger partial charge in [0.2, 0.25) is 5.91 Å². The number of carbonyl (C=O) groups excluding carboxylic acids is 1. The van der Waals surface area contributed by atoms with Gasteiger partial charge in [0.25, 0.3) is 0 Å². The fourth-order valence-corrected chi connectivity index (χ4v) is 2.18. The number of primary amides is 1. The molecule has 0 fully saturated rings. The molecule has 20 heavy (non-hydrogen) atoms. The molecule has 3 N–H and O–H groups in total. The number of carbonyl (C=O) groups is 1. The average molecular weight is 272 g/mol. The number of benzene rings is 2. The number of hydrogen-bond acceptors (Lipinski definition) is 2. The number of anilines is 1. The zero-order valence-corrected chi connectivity index (χ0v) is 11.3. The summed E-state index contributed by atoms with van der Waals surface area (Å²) in [5, 5.41) is 3.00. The second-order valence-electron chi connectivity index (χ2n) is 4.54. The van der Waals surface area contributed by atoms with E-state index in [1.807, 2.05) is 31.2 Å². The van der Waals surface area contributed by atoms with Crippen molar-refractivity contribution >= 4 is 11.6 Å². The molecule has 2 aromatic carbocycles. The van der Waals surface area contributed by atoms with E-state index < -0.39 is 11.9 Å². The molecule has 0 spiro atoms. The summed E-state index contributed by atoms with van der Waals surface area (Å²) in [5.41, 5.74) is 7.88. The summed E-state index contributed by atoms with van der Waals surface area (Å²) in [7, 11) is 0. The van der Waals surface area contributed by atoms with Gasteiger partial charge in [-0.2, -0.15) is 0 Å². The Morgan fingerprint density at radius 2 is 2.00 bits per heavy atom. The van der Waals surface area contributed by atoms with Crippen LogP contribution in [-0.2, 0) is 11.2 Å².